The second kappa shape index (κ2) is 8.64. The van der Waals surface area contributed by atoms with Crippen molar-refractivity contribution in [3.63, 3.8) is 0 Å². The summed E-state index contributed by atoms with van der Waals surface area (Å²) in [6, 6.07) is 11.8. The van der Waals surface area contributed by atoms with Gasteiger partial charge >= 0.3 is 0 Å². The highest BCUT2D eigenvalue weighted by molar-refractivity contribution is 5.78. The van der Waals surface area contributed by atoms with E-state index in [-0.39, 0.29) is 5.91 Å². The molecule has 1 aliphatic carbocycles. The van der Waals surface area contributed by atoms with Crippen LogP contribution in [-0.2, 0) is 11.2 Å². The Morgan fingerprint density at radius 1 is 1.17 bits per heavy atom. The maximum atomic E-state index is 12.3. The Bertz CT molecular complexity index is 972. The number of ether oxygens (including phenoxy) is 1. The Morgan fingerprint density at radius 3 is 2.66 bits per heavy atom. The fourth-order valence-electron chi connectivity index (χ4n) is 4.25. The molecule has 2 aromatic heterocycles. The number of hydrogen-bond donors (Lipinski definition) is 1. The van der Waals surface area contributed by atoms with Crippen molar-refractivity contribution in [2.45, 2.75) is 44.9 Å². The van der Waals surface area contributed by atoms with Crippen molar-refractivity contribution < 1.29 is 9.53 Å². The molecule has 4 rings (SSSR count). The molecule has 0 spiro atoms. The van der Waals surface area contributed by atoms with Gasteiger partial charge in [0.2, 0.25) is 5.91 Å². The average molecular weight is 393 g/mol. The predicted molar refractivity (Wildman–Crippen MR) is 112 cm³/mol. The lowest BCUT2D eigenvalue weighted by molar-refractivity contribution is -0.120. The van der Waals surface area contributed by atoms with Gasteiger partial charge in [-0.1, -0.05) is 12.1 Å². The lowest BCUT2D eigenvalue weighted by atomic mass is 9.80. The molecule has 3 aromatic rings. The maximum absolute atomic E-state index is 12.3. The number of amides is 1. The predicted octanol–water partition coefficient (Wildman–Crippen LogP) is 3.68. The van der Waals surface area contributed by atoms with Crippen LogP contribution in [-0.4, -0.2) is 34.2 Å². The number of carbonyl (C=O) groups excluding carboxylic acids is 1. The van der Waals surface area contributed by atoms with E-state index in [1.165, 1.54) is 5.69 Å². The van der Waals surface area contributed by atoms with E-state index in [9.17, 15) is 4.79 Å². The number of benzene rings is 1. The Kier molecular flexibility index (Phi) is 5.79. The molecule has 6 heteroatoms. The second-order valence-corrected chi connectivity index (χ2v) is 7.97. The number of aromatic nitrogens is 3. The molecular formula is C23H28N4O2. The number of rotatable bonds is 6. The molecule has 1 aliphatic rings. The van der Waals surface area contributed by atoms with Gasteiger partial charge in [0.25, 0.3) is 0 Å². The van der Waals surface area contributed by atoms with E-state index in [2.05, 4.69) is 21.5 Å². The van der Waals surface area contributed by atoms with Crippen LogP contribution < -0.4 is 10.1 Å². The van der Waals surface area contributed by atoms with Crippen molar-refractivity contribution in [2.75, 3.05) is 13.7 Å². The number of fused-ring (bicyclic) bond motifs is 1. The molecule has 1 saturated carbocycles. The summed E-state index contributed by atoms with van der Waals surface area (Å²) in [4.78, 5) is 16.7. The minimum absolute atomic E-state index is 0.0835. The van der Waals surface area contributed by atoms with Gasteiger partial charge < -0.3 is 10.1 Å². The van der Waals surface area contributed by atoms with Gasteiger partial charge in [-0.15, -0.1) is 0 Å². The quantitative estimate of drug-likeness (QED) is 0.695. The van der Waals surface area contributed by atoms with Gasteiger partial charge in [0.05, 0.1) is 19.2 Å². The zero-order chi connectivity index (χ0) is 20.2. The van der Waals surface area contributed by atoms with Gasteiger partial charge in [-0.3, -0.25) is 4.79 Å². The van der Waals surface area contributed by atoms with E-state index in [0.717, 1.165) is 54.9 Å². The molecule has 2 heterocycles. The van der Waals surface area contributed by atoms with E-state index in [4.69, 9.17) is 4.74 Å². The molecular weight excluding hydrogens is 364 g/mol. The molecule has 29 heavy (non-hydrogen) atoms. The fraction of sp³-hybridized carbons (Fsp3) is 0.435. The van der Waals surface area contributed by atoms with Crippen LogP contribution in [0.5, 0.6) is 5.75 Å². The summed E-state index contributed by atoms with van der Waals surface area (Å²) in [7, 11) is 1.64. The molecule has 1 amide bonds. The van der Waals surface area contributed by atoms with Crippen molar-refractivity contribution in [1.29, 1.82) is 0 Å². The van der Waals surface area contributed by atoms with Crippen LogP contribution >= 0.6 is 0 Å². The third-order valence-corrected chi connectivity index (χ3v) is 5.89. The third-order valence-electron chi connectivity index (χ3n) is 5.89. The van der Waals surface area contributed by atoms with E-state index in [1.54, 1.807) is 7.11 Å². The fourth-order valence-corrected chi connectivity index (χ4v) is 4.25. The van der Waals surface area contributed by atoms with Crippen molar-refractivity contribution >= 4 is 11.6 Å². The number of nitrogens with zero attached hydrogens (tertiary/aromatic N) is 3. The highest BCUT2D eigenvalue weighted by atomic mass is 16.5. The average Bonchev–Trinajstić information content (AvgIpc) is 3.13. The number of methoxy groups -OCH3 is 1. The number of carbonyl (C=O) groups is 1. The monoisotopic (exact) mass is 392 g/mol. The Balaban J connectivity index is 1.27. The summed E-state index contributed by atoms with van der Waals surface area (Å²) in [5.74, 6) is 1.94. The number of nitrogens with one attached hydrogen (secondary N) is 1. The molecule has 1 N–H and O–H groups in total. The highest BCUT2D eigenvalue weighted by Gasteiger charge is 2.24. The molecule has 1 fully saturated rings. The van der Waals surface area contributed by atoms with Crippen LogP contribution in [0, 0.1) is 12.8 Å². The van der Waals surface area contributed by atoms with Gasteiger partial charge in [0, 0.05) is 30.4 Å². The van der Waals surface area contributed by atoms with Crippen LogP contribution in [0.4, 0.5) is 0 Å². The Labute approximate surface area is 171 Å². The Morgan fingerprint density at radius 2 is 1.93 bits per heavy atom. The first-order valence-corrected chi connectivity index (χ1v) is 10.3. The van der Waals surface area contributed by atoms with Crippen molar-refractivity contribution in [2.24, 2.45) is 5.92 Å². The highest BCUT2D eigenvalue weighted by Crippen LogP contribution is 2.35. The summed E-state index contributed by atoms with van der Waals surface area (Å²) >= 11 is 0. The van der Waals surface area contributed by atoms with Gasteiger partial charge in [-0.05, 0) is 62.3 Å². The van der Waals surface area contributed by atoms with Crippen LogP contribution in [0.2, 0.25) is 0 Å². The summed E-state index contributed by atoms with van der Waals surface area (Å²) in [5.41, 5.74) is 4.18. The van der Waals surface area contributed by atoms with Crippen molar-refractivity contribution in [3.05, 3.63) is 59.5 Å². The first kappa shape index (κ1) is 19.4. The van der Waals surface area contributed by atoms with Crippen molar-refractivity contribution in [1.82, 2.24) is 19.9 Å². The SMILES string of the molecule is COc1ccc(CC(=O)NCC2CCC(c3ccnc4cc(C)nn34)CC2)cc1. The molecule has 6 nitrogen and oxygen atoms in total. The normalized spacial score (nSPS) is 19.2. The summed E-state index contributed by atoms with van der Waals surface area (Å²) in [6.45, 7) is 2.76. The minimum Gasteiger partial charge on any atom is -0.497 e. The first-order chi connectivity index (χ1) is 14.1. The zero-order valence-corrected chi connectivity index (χ0v) is 17.1. The largest absolute Gasteiger partial charge is 0.497 e. The van der Waals surface area contributed by atoms with Crippen LogP contribution in [0.15, 0.2) is 42.6 Å². The van der Waals surface area contributed by atoms with Gasteiger partial charge in [0.15, 0.2) is 5.65 Å². The lowest BCUT2D eigenvalue weighted by Gasteiger charge is -2.29. The van der Waals surface area contributed by atoms with Gasteiger partial charge in [-0.25, -0.2) is 9.50 Å². The molecule has 0 unspecified atom stereocenters. The van der Waals surface area contributed by atoms with Gasteiger partial charge in [-0.2, -0.15) is 5.10 Å². The molecule has 1 aromatic carbocycles. The third kappa shape index (κ3) is 4.58. The van der Waals surface area contributed by atoms with E-state index >= 15 is 0 Å². The molecule has 152 valence electrons. The molecule has 0 bridgehead atoms. The standard InChI is InChI=1S/C23H28N4O2/c1-16-13-22-24-12-11-21(27(22)26-16)19-7-3-18(4-8-19)15-25-23(28)14-17-5-9-20(29-2)10-6-17/h5-6,9-13,18-19H,3-4,7-8,14-15H2,1-2H3,(H,25,28). The number of aryl methyl sites for hydroxylation is 1. The topological polar surface area (TPSA) is 68.5 Å². The first-order valence-electron chi connectivity index (χ1n) is 10.3. The van der Waals surface area contributed by atoms with Crippen LogP contribution in [0.25, 0.3) is 5.65 Å². The van der Waals surface area contributed by atoms with Crippen molar-refractivity contribution in [3.8, 4) is 5.75 Å². The zero-order valence-electron chi connectivity index (χ0n) is 17.1. The second-order valence-electron chi connectivity index (χ2n) is 7.97. The number of hydrogen-bond acceptors (Lipinski definition) is 4. The van der Waals surface area contributed by atoms with E-state index in [1.807, 2.05) is 48.0 Å². The van der Waals surface area contributed by atoms with Gasteiger partial charge in [0.1, 0.15) is 5.75 Å². The molecule has 0 atom stereocenters. The van der Waals surface area contributed by atoms with E-state index in [0.29, 0.717) is 18.3 Å². The lowest BCUT2D eigenvalue weighted by Crippen LogP contribution is -2.32. The maximum Gasteiger partial charge on any atom is 0.224 e. The summed E-state index contributed by atoms with van der Waals surface area (Å²) < 4.78 is 7.15. The smallest absolute Gasteiger partial charge is 0.224 e. The summed E-state index contributed by atoms with van der Waals surface area (Å²) in [5, 5.41) is 7.73. The Hall–Kier alpha value is -2.89. The molecule has 0 radical (unpaired) electrons. The summed E-state index contributed by atoms with van der Waals surface area (Å²) in [6.07, 6.45) is 6.79. The minimum atomic E-state index is 0.0835. The van der Waals surface area contributed by atoms with Crippen LogP contribution in [0.3, 0.4) is 0 Å². The molecule has 0 saturated heterocycles. The molecule has 0 aliphatic heterocycles. The van der Waals surface area contributed by atoms with Crippen LogP contribution in [0.1, 0.15) is 48.6 Å². The van der Waals surface area contributed by atoms with E-state index < -0.39 is 0 Å².